The summed E-state index contributed by atoms with van der Waals surface area (Å²) in [6.07, 6.45) is 0. The number of sulfone groups is 1. The quantitative estimate of drug-likeness (QED) is 0.461. The molecule has 0 unspecified atom stereocenters. The van der Waals surface area contributed by atoms with Crippen LogP contribution in [0.3, 0.4) is 0 Å². The molecule has 0 fully saturated rings. The molecule has 6 nitrogen and oxygen atoms in total. The first-order chi connectivity index (χ1) is 13.9. The second-order valence-corrected chi connectivity index (χ2v) is 8.69. The van der Waals surface area contributed by atoms with E-state index in [4.69, 9.17) is 8.94 Å². The Bertz CT molecular complexity index is 1260. The molecule has 4 rings (SSSR count). The third-order valence-electron chi connectivity index (χ3n) is 4.38. The maximum Gasteiger partial charge on any atom is 0.293 e. The van der Waals surface area contributed by atoms with E-state index < -0.39 is 21.4 Å². The Kier molecular flexibility index (Phi) is 5.02. The Morgan fingerprint density at radius 1 is 0.966 bits per heavy atom. The molecule has 0 spiro atoms. The van der Waals surface area contributed by atoms with Crippen LogP contribution in [0.1, 0.15) is 16.9 Å². The Labute approximate surface area is 166 Å². The van der Waals surface area contributed by atoms with E-state index in [0.29, 0.717) is 5.82 Å². The van der Waals surface area contributed by atoms with Crippen molar-refractivity contribution in [1.29, 1.82) is 0 Å². The van der Waals surface area contributed by atoms with Crippen molar-refractivity contribution in [3.8, 4) is 23.0 Å². The van der Waals surface area contributed by atoms with E-state index in [1.165, 1.54) is 24.3 Å². The van der Waals surface area contributed by atoms with Gasteiger partial charge in [0.1, 0.15) is 17.3 Å². The van der Waals surface area contributed by atoms with Crippen LogP contribution in [0.4, 0.5) is 4.39 Å². The number of nitrogens with zero attached hydrogens (tertiary/aromatic N) is 2. The summed E-state index contributed by atoms with van der Waals surface area (Å²) in [5.41, 5.74) is 1.96. The molecule has 0 amide bonds. The van der Waals surface area contributed by atoms with E-state index in [1.807, 2.05) is 31.2 Å². The van der Waals surface area contributed by atoms with Gasteiger partial charge >= 0.3 is 0 Å². The molecule has 8 heteroatoms. The number of halogens is 1. The third kappa shape index (κ3) is 4.27. The normalized spacial score (nSPS) is 11.7. The van der Waals surface area contributed by atoms with E-state index in [-0.39, 0.29) is 28.7 Å². The molecule has 29 heavy (non-hydrogen) atoms. The van der Waals surface area contributed by atoms with Crippen molar-refractivity contribution in [2.24, 2.45) is 0 Å². The summed E-state index contributed by atoms with van der Waals surface area (Å²) in [7, 11) is -3.62. The predicted octanol–water partition coefficient (Wildman–Crippen LogP) is 4.56. The molecular formula is C21H17FN2O4S. The van der Waals surface area contributed by atoms with Gasteiger partial charge in [0, 0.05) is 11.1 Å². The number of hydrogen-bond acceptors (Lipinski definition) is 6. The highest BCUT2D eigenvalue weighted by Crippen LogP contribution is 2.26. The molecule has 0 saturated heterocycles. The Morgan fingerprint density at radius 2 is 1.72 bits per heavy atom. The lowest BCUT2D eigenvalue weighted by Gasteiger charge is -2.04. The minimum atomic E-state index is -3.62. The molecule has 0 radical (unpaired) electrons. The summed E-state index contributed by atoms with van der Waals surface area (Å²) >= 11 is 0. The van der Waals surface area contributed by atoms with Gasteiger partial charge in [0.25, 0.3) is 5.89 Å². The first kappa shape index (κ1) is 19.1. The van der Waals surface area contributed by atoms with Crippen LogP contribution in [-0.4, -0.2) is 18.6 Å². The molecule has 0 bridgehead atoms. The Hall–Kier alpha value is -3.26. The molecule has 2 heterocycles. The summed E-state index contributed by atoms with van der Waals surface area (Å²) in [5, 5.41) is 3.97. The Balaban J connectivity index is 1.52. The number of aromatic nitrogens is 2. The van der Waals surface area contributed by atoms with Gasteiger partial charge in [-0.2, -0.15) is 4.98 Å². The van der Waals surface area contributed by atoms with Crippen LogP contribution >= 0.6 is 0 Å². The fraction of sp³-hybridized carbons (Fsp3) is 0.143. The standard InChI is InChI=1S/C21H17FN2O4S/c1-14-6-2-4-8-17(14)20-23-21(28-24-20)19-11-10-16(27-19)13-29(25,26)12-15-7-3-5-9-18(15)22/h2-11H,12-13H2,1H3. The van der Waals surface area contributed by atoms with Crippen molar-refractivity contribution in [3.05, 3.63) is 83.4 Å². The fourth-order valence-corrected chi connectivity index (χ4v) is 4.35. The van der Waals surface area contributed by atoms with Gasteiger partial charge in [-0.1, -0.05) is 47.6 Å². The smallest absolute Gasteiger partial charge is 0.293 e. The minimum Gasteiger partial charge on any atom is -0.455 e. The minimum absolute atomic E-state index is 0.124. The number of hydrogen-bond donors (Lipinski definition) is 0. The average Bonchev–Trinajstić information content (AvgIpc) is 3.33. The molecule has 2 aromatic heterocycles. The molecule has 0 aliphatic rings. The van der Waals surface area contributed by atoms with Crippen molar-refractivity contribution >= 4 is 9.84 Å². The van der Waals surface area contributed by atoms with Gasteiger partial charge in [0.05, 0.1) is 5.75 Å². The average molecular weight is 412 g/mol. The summed E-state index contributed by atoms with van der Waals surface area (Å²) in [5.74, 6) is -0.260. The highest BCUT2D eigenvalue weighted by molar-refractivity contribution is 7.89. The van der Waals surface area contributed by atoms with Gasteiger partial charge in [-0.05, 0) is 30.7 Å². The summed E-state index contributed by atoms with van der Waals surface area (Å²) in [4.78, 5) is 4.33. The number of aryl methyl sites for hydroxylation is 1. The molecular weight excluding hydrogens is 395 g/mol. The van der Waals surface area contributed by atoms with Crippen LogP contribution in [0, 0.1) is 12.7 Å². The Morgan fingerprint density at radius 3 is 2.52 bits per heavy atom. The van der Waals surface area contributed by atoms with Gasteiger partial charge in [-0.15, -0.1) is 0 Å². The second-order valence-electron chi connectivity index (χ2n) is 6.63. The molecule has 0 aliphatic heterocycles. The van der Waals surface area contributed by atoms with Crippen LogP contribution in [0.2, 0.25) is 0 Å². The summed E-state index contributed by atoms with van der Waals surface area (Å²) < 4.78 is 49.4. The predicted molar refractivity (Wildman–Crippen MR) is 105 cm³/mol. The van der Waals surface area contributed by atoms with Crippen molar-refractivity contribution in [2.75, 3.05) is 0 Å². The van der Waals surface area contributed by atoms with Crippen LogP contribution < -0.4 is 0 Å². The molecule has 148 valence electrons. The van der Waals surface area contributed by atoms with E-state index in [2.05, 4.69) is 10.1 Å². The zero-order valence-electron chi connectivity index (χ0n) is 15.5. The van der Waals surface area contributed by atoms with E-state index in [1.54, 1.807) is 12.1 Å². The van der Waals surface area contributed by atoms with Gasteiger partial charge in [-0.3, -0.25) is 0 Å². The monoisotopic (exact) mass is 412 g/mol. The van der Waals surface area contributed by atoms with E-state index in [0.717, 1.165) is 11.1 Å². The first-order valence-corrected chi connectivity index (χ1v) is 10.7. The van der Waals surface area contributed by atoms with Crippen LogP contribution in [0.5, 0.6) is 0 Å². The van der Waals surface area contributed by atoms with Crippen molar-refractivity contribution in [1.82, 2.24) is 10.1 Å². The number of benzene rings is 2. The number of rotatable bonds is 6. The summed E-state index contributed by atoms with van der Waals surface area (Å²) in [6.45, 7) is 1.94. The zero-order valence-corrected chi connectivity index (χ0v) is 16.3. The van der Waals surface area contributed by atoms with Gasteiger partial charge in [0.2, 0.25) is 5.82 Å². The molecule has 0 aliphatic carbocycles. The van der Waals surface area contributed by atoms with Crippen LogP contribution in [0.15, 0.2) is 69.6 Å². The highest BCUT2D eigenvalue weighted by Gasteiger charge is 2.20. The largest absolute Gasteiger partial charge is 0.455 e. The highest BCUT2D eigenvalue weighted by atomic mass is 32.2. The topological polar surface area (TPSA) is 86.2 Å². The first-order valence-electron chi connectivity index (χ1n) is 8.84. The lowest BCUT2D eigenvalue weighted by Crippen LogP contribution is -2.08. The zero-order chi connectivity index (χ0) is 20.4. The molecule has 2 aromatic carbocycles. The van der Waals surface area contributed by atoms with Gasteiger partial charge in [0.15, 0.2) is 15.6 Å². The van der Waals surface area contributed by atoms with Crippen LogP contribution in [0.25, 0.3) is 23.0 Å². The van der Waals surface area contributed by atoms with Gasteiger partial charge in [-0.25, -0.2) is 12.8 Å². The molecule has 0 atom stereocenters. The van der Waals surface area contributed by atoms with E-state index >= 15 is 0 Å². The van der Waals surface area contributed by atoms with Crippen molar-refractivity contribution in [2.45, 2.75) is 18.4 Å². The SMILES string of the molecule is Cc1ccccc1-c1noc(-c2ccc(CS(=O)(=O)Cc3ccccc3F)o2)n1. The summed E-state index contributed by atoms with van der Waals surface area (Å²) in [6, 6.07) is 16.5. The van der Waals surface area contributed by atoms with Crippen molar-refractivity contribution in [3.63, 3.8) is 0 Å². The second kappa shape index (κ2) is 7.63. The molecule has 4 aromatic rings. The lowest BCUT2D eigenvalue weighted by atomic mass is 10.1. The van der Waals surface area contributed by atoms with Crippen molar-refractivity contribution < 1.29 is 21.7 Å². The number of furan rings is 1. The van der Waals surface area contributed by atoms with Crippen LogP contribution in [-0.2, 0) is 21.3 Å². The maximum absolute atomic E-state index is 13.7. The maximum atomic E-state index is 13.7. The lowest BCUT2D eigenvalue weighted by molar-refractivity contribution is 0.413. The fourth-order valence-electron chi connectivity index (χ4n) is 2.95. The van der Waals surface area contributed by atoms with Gasteiger partial charge < -0.3 is 8.94 Å². The molecule has 0 saturated carbocycles. The molecule has 0 N–H and O–H groups in total. The third-order valence-corrected chi connectivity index (χ3v) is 5.86. The van der Waals surface area contributed by atoms with E-state index in [9.17, 15) is 12.8 Å².